The lowest BCUT2D eigenvalue weighted by Gasteiger charge is -2.29. The maximum absolute atomic E-state index is 13.6. The molecule has 7 rings (SSSR count). The summed E-state index contributed by atoms with van der Waals surface area (Å²) in [5.41, 5.74) is 5.17. The van der Waals surface area contributed by atoms with Gasteiger partial charge in [-0.25, -0.2) is 23.9 Å². The number of amides is 1. The van der Waals surface area contributed by atoms with E-state index in [0.29, 0.717) is 27.7 Å². The summed E-state index contributed by atoms with van der Waals surface area (Å²) in [4.78, 5) is 31.4. The van der Waals surface area contributed by atoms with E-state index in [1.165, 1.54) is 23.5 Å². The van der Waals surface area contributed by atoms with Gasteiger partial charge in [0.05, 0.1) is 35.6 Å². The van der Waals surface area contributed by atoms with E-state index in [0.717, 1.165) is 40.6 Å². The van der Waals surface area contributed by atoms with Crippen LogP contribution < -0.4 is 10.6 Å². The molecule has 5 aromatic heterocycles. The normalized spacial score (nSPS) is 13.4. The average Bonchev–Trinajstić information content (AvgIpc) is 3.65. The first-order valence-electron chi connectivity index (χ1n) is 12.6. The Balaban J connectivity index is 1.20. The number of nitrogens with zero attached hydrogens (tertiary/aromatic N) is 7. The monoisotopic (exact) mass is 551 g/mol. The van der Waals surface area contributed by atoms with E-state index in [-0.39, 0.29) is 17.8 Å². The molecule has 1 aromatic carbocycles. The van der Waals surface area contributed by atoms with Crippen LogP contribution in [-0.4, -0.2) is 53.1 Å². The SMILES string of the molecule is Cc1nc(-c2ccncc2)sc1C(=O)Nc1cn2nc(-c3c(-c4ccc(F)cc4)ncn3C3CNC3)ccc2n1. The van der Waals surface area contributed by atoms with E-state index in [9.17, 15) is 9.18 Å². The number of thiazole rings is 1. The molecule has 1 fully saturated rings. The maximum atomic E-state index is 13.6. The van der Waals surface area contributed by atoms with Gasteiger partial charge in [-0.2, -0.15) is 5.10 Å². The number of nitrogens with one attached hydrogen (secondary N) is 2. The number of pyridine rings is 1. The lowest BCUT2D eigenvalue weighted by molar-refractivity contribution is 0.102. The van der Waals surface area contributed by atoms with Gasteiger partial charge in [0, 0.05) is 36.6 Å². The Kier molecular flexibility index (Phi) is 5.90. The van der Waals surface area contributed by atoms with E-state index < -0.39 is 0 Å². The number of hydrogen-bond donors (Lipinski definition) is 2. The first-order valence-corrected chi connectivity index (χ1v) is 13.4. The summed E-state index contributed by atoms with van der Waals surface area (Å²) in [6.07, 6.45) is 6.88. The standard InChI is InChI=1S/C28H22FN9OS/c1-16-26(40-28(33-16)18-8-10-30-11-9-18)27(39)35-22-14-38-23(34-22)7-6-21(36-38)25-24(17-2-4-19(29)5-3-17)32-15-37(25)20-12-31-13-20/h2-11,14-15,20,31H,12-13H2,1H3,(H,35,39). The zero-order valence-corrected chi connectivity index (χ0v) is 22.1. The van der Waals surface area contributed by atoms with Crippen molar-refractivity contribution in [3.63, 3.8) is 0 Å². The second-order valence-electron chi connectivity index (χ2n) is 9.44. The van der Waals surface area contributed by atoms with Gasteiger partial charge in [0.2, 0.25) is 0 Å². The molecule has 0 bridgehead atoms. The topological polar surface area (TPSA) is 115 Å². The lowest BCUT2D eigenvalue weighted by atomic mass is 10.1. The molecule has 1 aliphatic heterocycles. The smallest absolute Gasteiger partial charge is 0.268 e. The number of carbonyl (C=O) groups excluding carboxylic acids is 1. The summed E-state index contributed by atoms with van der Waals surface area (Å²) in [6, 6.07) is 14.0. The molecule has 0 spiro atoms. The molecule has 0 saturated carbocycles. The molecule has 0 aliphatic carbocycles. The second-order valence-corrected chi connectivity index (χ2v) is 10.4. The molecule has 2 N–H and O–H groups in total. The number of carbonyl (C=O) groups is 1. The largest absolute Gasteiger partial charge is 0.323 e. The van der Waals surface area contributed by atoms with Crippen molar-refractivity contribution < 1.29 is 9.18 Å². The van der Waals surface area contributed by atoms with Crippen molar-refractivity contribution in [2.45, 2.75) is 13.0 Å². The van der Waals surface area contributed by atoms with Gasteiger partial charge in [0.15, 0.2) is 11.5 Å². The number of aryl methyl sites for hydroxylation is 1. The Morgan fingerprint density at radius 3 is 2.60 bits per heavy atom. The number of imidazole rings is 2. The molecule has 1 amide bonds. The van der Waals surface area contributed by atoms with E-state index in [4.69, 9.17) is 5.10 Å². The maximum Gasteiger partial charge on any atom is 0.268 e. The molecule has 12 heteroatoms. The number of fused-ring (bicyclic) bond motifs is 1. The summed E-state index contributed by atoms with van der Waals surface area (Å²) in [5.74, 6) is -0.209. The Labute approximate surface area is 231 Å². The minimum absolute atomic E-state index is 0.242. The van der Waals surface area contributed by atoms with Gasteiger partial charge in [0.1, 0.15) is 21.4 Å². The quantitative estimate of drug-likeness (QED) is 0.310. The van der Waals surface area contributed by atoms with Crippen molar-refractivity contribution in [1.29, 1.82) is 0 Å². The van der Waals surface area contributed by atoms with Crippen LogP contribution in [0, 0.1) is 12.7 Å². The number of halogens is 1. The molecule has 1 saturated heterocycles. The third kappa shape index (κ3) is 4.32. The number of benzene rings is 1. The first-order chi connectivity index (χ1) is 19.5. The van der Waals surface area contributed by atoms with E-state index in [2.05, 4.69) is 35.1 Å². The van der Waals surface area contributed by atoms with Crippen molar-refractivity contribution in [2.75, 3.05) is 18.4 Å². The van der Waals surface area contributed by atoms with Crippen molar-refractivity contribution in [1.82, 2.24) is 39.4 Å². The van der Waals surface area contributed by atoms with Crippen LogP contribution in [0.2, 0.25) is 0 Å². The molecule has 10 nitrogen and oxygen atoms in total. The number of aromatic nitrogens is 7. The highest BCUT2D eigenvalue weighted by molar-refractivity contribution is 7.17. The highest BCUT2D eigenvalue weighted by atomic mass is 32.1. The van der Waals surface area contributed by atoms with Gasteiger partial charge in [-0.05, 0) is 55.5 Å². The number of anilines is 1. The van der Waals surface area contributed by atoms with Crippen LogP contribution in [0.15, 0.2) is 73.4 Å². The summed E-state index contributed by atoms with van der Waals surface area (Å²) in [6.45, 7) is 3.47. The summed E-state index contributed by atoms with van der Waals surface area (Å²) in [7, 11) is 0. The second kappa shape index (κ2) is 9.74. The molecule has 198 valence electrons. The van der Waals surface area contributed by atoms with Crippen LogP contribution in [0.4, 0.5) is 10.2 Å². The molecular formula is C28H22FN9OS. The summed E-state index contributed by atoms with van der Waals surface area (Å²) < 4.78 is 17.4. The molecule has 0 radical (unpaired) electrons. The molecule has 6 aromatic rings. The Morgan fingerprint density at radius 2 is 1.85 bits per heavy atom. The van der Waals surface area contributed by atoms with Gasteiger partial charge >= 0.3 is 0 Å². The van der Waals surface area contributed by atoms with Crippen molar-refractivity contribution in [3.05, 3.63) is 89.8 Å². The van der Waals surface area contributed by atoms with Gasteiger partial charge in [-0.15, -0.1) is 11.3 Å². The fourth-order valence-corrected chi connectivity index (χ4v) is 5.61. The van der Waals surface area contributed by atoms with Crippen LogP contribution in [0.25, 0.3) is 38.9 Å². The van der Waals surface area contributed by atoms with Crippen LogP contribution in [-0.2, 0) is 0 Å². The average molecular weight is 552 g/mol. The first kappa shape index (κ1) is 24.2. The highest BCUT2D eigenvalue weighted by Gasteiger charge is 2.26. The Morgan fingerprint density at radius 1 is 1.05 bits per heavy atom. The van der Waals surface area contributed by atoms with Crippen molar-refractivity contribution in [3.8, 4) is 33.2 Å². The van der Waals surface area contributed by atoms with Crippen molar-refractivity contribution >= 4 is 28.7 Å². The predicted molar refractivity (Wildman–Crippen MR) is 150 cm³/mol. The Bertz CT molecular complexity index is 1860. The fourth-order valence-electron chi connectivity index (χ4n) is 4.65. The molecule has 0 unspecified atom stereocenters. The minimum Gasteiger partial charge on any atom is -0.323 e. The van der Waals surface area contributed by atoms with E-state index >= 15 is 0 Å². The third-order valence-corrected chi connectivity index (χ3v) is 8.00. The third-order valence-electron chi connectivity index (χ3n) is 6.80. The fraction of sp³-hybridized carbons (Fsp3) is 0.143. The molecular weight excluding hydrogens is 529 g/mol. The van der Waals surface area contributed by atoms with E-state index in [1.807, 2.05) is 37.5 Å². The van der Waals surface area contributed by atoms with Gasteiger partial charge in [0.25, 0.3) is 5.91 Å². The molecule has 1 aliphatic rings. The molecule has 6 heterocycles. The van der Waals surface area contributed by atoms with Gasteiger partial charge in [-0.1, -0.05) is 0 Å². The van der Waals surface area contributed by atoms with Gasteiger partial charge < -0.3 is 15.2 Å². The summed E-state index contributed by atoms with van der Waals surface area (Å²) >= 11 is 1.32. The van der Waals surface area contributed by atoms with Gasteiger partial charge in [-0.3, -0.25) is 9.78 Å². The Hall–Kier alpha value is -4.81. The highest BCUT2D eigenvalue weighted by Crippen LogP contribution is 2.34. The zero-order chi connectivity index (χ0) is 27.2. The van der Waals surface area contributed by atoms with Crippen LogP contribution in [0.1, 0.15) is 21.4 Å². The van der Waals surface area contributed by atoms with Crippen LogP contribution >= 0.6 is 11.3 Å². The molecule has 0 atom stereocenters. The van der Waals surface area contributed by atoms with Crippen molar-refractivity contribution in [2.24, 2.45) is 0 Å². The lowest BCUT2D eigenvalue weighted by Crippen LogP contribution is -2.43. The summed E-state index contributed by atoms with van der Waals surface area (Å²) in [5, 5.41) is 11.7. The van der Waals surface area contributed by atoms with Crippen LogP contribution in [0.5, 0.6) is 0 Å². The molecule has 40 heavy (non-hydrogen) atoms. The van der Waals surface area contributed by atoms with Crippen LogP contribution in [0.3, 0.4) is 0 Å². The number of hydrogen-bond acceptors (Lipinski definition) is 8. The predicted octanol–water partition coefficient (Wildman–Crippen LogP) is 4.62. The zero-order valence-electron chi connectivity index (χ0n) is 21.2. The van der Waals surface area contributed by atoms with E-state index in [1.54, 1.807) is 35.2 Å². The number of rotatable bonds is 6. The minimum atomic E-state index is -0.303.